The topological polar surface area (TPSA) is 136 Å². The zero-order valence-electron chi connectivity index (χ0n) is 28.5. The molecule has 0 aliphatic carbocycles. The first-order valence-corrected chi connectivity index (χ1v) is 20.3. The summed E-state index contributed by atoms with van der Waals surface area (Å²) in [6.07, 6.45) is 25.9. The number of hydrogen-bond donors (Lipinski definition) is 2. The van der Waals surface area contributed by atoms with Gasteiger partial charge in [-0.2, -0.15) is 0 Å². The van der Waals surface area contributed by atoms with E-state index >= 15 is 0 Å². The molecule has 0 unspecified atom stereocenters. The molecule has 0 aromatic heterocycles. The molecular formula is C34H65O9PS. The second kappa shape index (κ2) is 31.7. The molecule has 0 radical (unpaired) electrons. The van der Waals surface area contributed by atoms with Crippen molar-refractivity contribution in [2.45, 2.75) is 180 Å². The van der Waals surface area contributed by atoms with E-state index in [1.54, 1.807) is 6.92 Å². The molecule has 0 aliphatic rings. The van der Waals surface area contributed by atoms with Crippen molar-refractivity contribution in [3.63, 3.8) is 0 Å². The van der Waals surface area contributed by atoms with Gasteiger partial charge < -0.3 is 19.3 Å². The summed E-state index contributed by atoms with van der Waals surface area (Å²) in [6.45, 7) is 3.01. The largest absolute Gasteiger partial charge is 0.469 e. The van der Waals surface area contributed by atoms with E-state index in [0.717, 1.165) is 50.7 Å². The first kappa shape index (κ1) is 44.1. The van der Waals surface area contributed by atoms with Gasteiger partial charge in [0.1, 0.15) is 6.61 Å². The monoisotopic (exact) mass is 680 g/mol. The minimum atomic E-state index is -4.75. The number of phosphoric acid groups is 1. The highest BCUT2D eigenvalue weighted by Gasteiger charge is 2.22. The van der Waals surface area contributed by atoms with Gasteiger partial charge in [0.15, 0.2) is 11.2 Å². The maximum Gasteiger partial charge on any atom is 0.469 e. The molecule has 0 heterocycles. The summed E-state index contributed by atoms with van der Waals surface area (Å²) in [5, 5.41) is 0.211. The van der Waals surface area contributed by atoms with Crippen LogP contribution in [-0.4, -0.2) is 51.9 Å². The van der Waals surface area contributed by atoms with Crippen molar-refractivity contribution < 1.29 is 42.7 Å². The van der Waals surface area contributed by atoms with Crippen molar-refractivity contribution in [3.05, 3.63) is 0 Å². The summed E-state index contributed by atoms with van der Waals surface area (Å²) in [6, 6.07) is 0. The molecule has 0 aliphatic heterocycles. The zero-order chi connectivity index (χ0) is 33.4. The summed E-state index contributed by atoms with van der Waals surface area (Å²) >= 11 is 1.43. The molecule has 0 aromatic rings. The van der Waals surface area contributed by atoms with Crippen LogP contribution in [0.2, 0.25) is 0 Å². The van der Waals surface area contributed by atoms with E-state index in [2.05, 4.69) is 11.4 Å². The highest BCUT2D eigenvalue weighted by molar-refractivity contribution is 8.13. The van der Waals surface area contributed by atoms with Crippen LogP contribution in [0.1, 0.15) is 174 Å². The molecule has 0 spiro atoms. The SMILES string of the molecule is CCCCCCCCCCCCC(=O)O[C@H](COC(=O)CCCCCCCCCCCCCCCSC(C)=O)COP(=O)(O)O. The lowest BCUT2D eigenvalue weighted by molar-refractivity contribution is -0.161. The Hall–Kier alpha value is -0.930. The molecular weight excluding hydrogens is 615 g/mol. The van der Waals surface area contributed by atoms with Crippen LogP contribution in [0.25, 0.3) is 0 Å². The normalized spacial score (nSPS) is 12.3. The number of esters is 2. The van der Waals surface area contributed by atoms with Crippen LogP contribution in [0.5, 0.6) is 0 Å². The molecule has 0 amide bonds. The minimum absolute atomic E-state index is 0.209. The van der Waals surface area contributed by atoms with Crippen LogP contribution >= 0.6 is 19.6 Å². The highest BCUT2D eigenvalue weighted by Crippen LogP contribution is 2.36. The van der Waals surface area contributed by atoms with Gasteiger partial charge >= 0.3 is 19.8 Å². The quantitative estimate of drug-likeness (QED) is 0.0392. The standard InChI is InChI=1S/C34H65O9PS/c1-3-4-5-6-7-8-14-18-21-24-27-34(37)43-32(30-42-44(38,39)40)29-41-33(36)26-23-20-17-15-12-10-9-11-13-16-19-22-25-28-45-31(2)35/h32H,3-30H2,1-2H3,(H2,38,39,40)/t32-/m1/s1. The number of rotatable bonds is 33. The zero-order valence-corrected chi connectivity index (χ0v) is 30.2. The molecule has 2 N–H and O–H groups in total. The molecule has 0 aromatic carbocycles. The van der Waals surface area contributed by atoms with Crippen LogP contribution in [0.4, 0.5) is 0 Å². The maximum atomic E-state index is 12.3. The summed E-state index contributed by atoms with van der Waals surface area (Å²) < 4.78 is 26.2. The van der Waals surface area contributed by atoms with Gasteiger partial charge in [-0.3, -0.25) is 18.9 Å². The summed E-state index contributed by atoms with van der Waals surface area (Å²) in [5.41, 5.74) is 0. The van der Waals surface area contributed by atoms with Gasteiger partial charge in [-0.25, -0.2) is 4.57 Å². The Morgan fingerprint density at radius 3 is 1.42 bits per heavy atom. The van der Waals surface area contributed by atoms with Gasteiger partial charge in [0.25, 0.3) is 0 Å². The first-order chi connectivity index (χ1) is 21.6. The van der Waals surface area contributed by atoms with E-state index in [0.29, 0.717) is 12.8 Å². The van der Waals surface area contributed by atoms with Crippen LogP contribution in [0.15, 0.2) is 0 Å². The maximum absolute atomic E-state index is 12.3. The lowest BCUT2D eigenvalue weighted by atomic mass is 10.0. The average Bonchev–Trinajstić information content (AvgIpc) is 2.98. The van der Waals surface area contributed by atoms with Crippen molar-refractivity contribution in [2.24, 2.45) is 0 Å². The van der Waals surface area contributed by atoms with Gasteiger partial charge in [-0.15, -0.1) is 0 Å². The highest BCUT2D eigenvalue weighted by atomic mass is 32.2. The van der Waals surface area contributed by atoms with E-state index in [4.69, 9.17) is 19.3 Å². The number of carbonyl (C=O) groups is 3. The number of ether oxygens (including phenoxy) is 2. The Bertz CT molecular complexity index is 775. The van der Waals surface area contributed by atoms with Crippen molar-refractivity contribution in [1.29, 1.82) is 0 Å². The molecule has 45 heavy (non-hydrogen) atoms. The van der Waals surface area contributed by atoms with E-state index in [1.165, 1.54) is 102 Å². The third-order valence-corrected chi connectivity index (χ3v) is 9.11. The van der Waals surface area contributed by atoms with Gasteiger partial charge in [-0.1, -0.05) is 147 Å². The smallest absolute Gasteiger partial charge is 0.462 e. The lowest BCUT2D eigenvalue weighted by Gasteiger charge is -2.18. The molecule has 0 bridgehead atoms. The van der Waals surface area contributed by atoms with Gasteiger partial charge in [-0.05, 0) is 19.3 Å². The Labute approximate surface area is 278 Å². The van der Waals surface area contributed by atoms with E-state index in [9.17, 15) is 18.9 Å². The summed E-state index contributed by atoms with van der Waals surface area (Å²) in [5.74, 6) is 0.0476. The molecule has 11 heteroatoms. The Balaban J connectivity index is 3.89. The summed E-state index contributed by atoms with van der Waals surface area (Å²) in [7, 11) is -4.75. The number of unbranched alkanes of at least 4 members (excludes halogenated alkanes) is 21. The van der Waals surface area contributed by atoms with E-state index < -0.39 is 32.5 Å². The lowest BCUT2D eigenvalue weighted by Crippen LogP contribution is -2.29. The molecule has 9 nitrogen and oxygen atoms in total. The number of thioether (sulfide) groups is 1. The molecule has 0 saturated carbocycles. The predicted molar refractivity (Wildman–Crippen MR) is 183 cm³/mol. The molecule has 266 valence electrons. The number of hydrogen-bond acceptors (Lipinski definition) is 8. The predicted octanol–water partition coefficient (Wildman–Crippen LogP) is 9.60. The van der Waals surface area contributed by atoms with Crippen LogP contribution in [-0.2, 0) is 32.9 Å². The van der Waals surface area contributed by atoms with Crippen molar-refractivity contribution in [2.75, 3.05) is 19.0 Å². The fraction of sp³-hybridized carbons (Fsp3) is 0.912. The minimum Gasteiger partial charge on any atom is -0.462 e. The van der Waals surface area contributed by atoms with Gasteiger partial charge in [0, 0.05) is 25.5 Å². The molecule has 0 fully saturated rings. The molecule has 0 rings (SSSR count). The Kier molecular flexibility index (Phi) is 31.0. The van der Waals surface area contributed by atoms with E-state index in [-0.39, 0.29) is 24.6 Å². The number of carbonyl (C=O) groups excluding carboxylic acids is 3. The van der Waals surface area contributed by atoms with Crippen molar-refractivity contribution in [3.8, 4) is 0 Å². The second-order valence-corrected chi connectivity index (χ2v) is 14.7. The number of phosphoric ester groups is 1. The third-order valence-electron chi connectivity index (χ3n) is 7.72. The molecule has 1 atom stereocenters. The van der Waals surface area contributed by atoms with Gasteiger partial charge in [0.05, 0.1) is 6.61 Å². The van der Waals surface area contributed by atoms with Crippen LogP contribution in [0.3, 0.4) is 0 Å². The average molecular weight is 681 g/mol. The molecule has 0 saturated heterocycles. The van der Waals surface area contributed by atoms with E-state index in [1.807, 2.05) is 0 Å². The Morgan fingerprint density at radius 2 is 1.00 bits per heavy atom. The van der Waals surface area contributed by atoms with Crippen molar-refractivity contribution >= 4 is 36.6 Å². The van der Waals surface area contributed by atoms with Crippen molar-refractivity contribution in [1.82, 2.24) is 0 Å². The van der Waals surface area contributed by atoms with Gasteiger partial charge in [0.2, 0.25) is 0 Å². The fourth-order valence-electron chi connectivity index (χ4n) is 5.09. The first-order valence-electron chi connectivity index (χ1n) is 17.8. The second-order valence-electron chi connectivity index (χ2n) is 12.2. The van der Waals surface area contributed by atoms with Crippen LogP contribution in [0, 0.1) is 0 Å². The Morgan fingerprint density at radius 1 is 0.600 bits per heavy atom. The van der Waals surface area contributed by atoms with Crippen LogP contribution < -0.4 is 0 Å². The summed E-state index contributed by atoms with van der Waals surface area (Å²) in [4.78, 5) is 53.4. The fourth-order valence-corrected chi connectivity index (χ4v) is 6.08. The third kappa shape index (κ3) is 35.8.